The zero-order chi connectivity index (χ0) is 13.1. The maximum absolute atomic E-state index is 14.0. The maximum Gasteiger partial charge on any atom is 0.128 e. The van der Waals surface area contributed by atoms with Gasteiger partial charge in [-0.1, -0.05) is 22.9 Å². The van der Waals surface area contributed by atoms with E-state index in [2.05, 4.69) is 40.3 Å². The number of hydrogen-bond acceptors (Lipinski definition) is 2. The van der Waals surface area contributed by atoms with E-state index in [0.29, 0.717) is 5.56 Å². The predicted molar refractivity (Wildman–Crippen MR) is 78.7 cm³/mol. The lowest BCUT2D eigenvalue weighted by atomic mass is 10.0. The number of benzene rings is 1. The molecule has 2 rings (SSSR count). The summed E-state index contributed by atoms with van der Waals surface area (Å²) < 4.78 is 14.9. The van der Waals surface area contributed by atoms with Gasteiger partial charge in [-0.05, 0) is 43.8 Å². The highest BCUT2D eigenvalue weighted by Gasteiger charge is 2.18. The van der Waals surface area contributed by atoms with Crippen molar-refractivity contribution in [2.45, 2.75) is 19.9 Å². The van der Waals surface area contributed by atoms with Crippen molar-refractivity contribution >= 4 is 27.3 Å². The molecule has 0 amide bonds. The number of thiophene rings is 1. The number of aryl methyl sites for hydroxylation is 1. The summed E-state index contributed by atoms with van der Waals surface area (Å²) in [5, 5.41) is 3.35. The SMILES string of the molecule is CCNC(c1ccc(C)s1)c1cc(Br)ccc1F. The topological polar surface area (TPSA) is 12.0 Å². The molecule has 1 N–H and O–H groups in total. The second kappa shape index (κ2) is 5.95. The Morgan fingerprint density at radius 2 is 2.11 bits per heavy atom. The van der Waals surface area contributed by atoms with Gasteiger partial charge >= 0.3 is 0 Å². The van der Waals surface area contributed by atoms with Gasteiger partial charge in [-0.25, -0.2) is 4.39 Å². The lowest BCUT2D eigenvalue weighted by Gasteiger charge is -2.18. The van der Waals surface area contributed by atoms with Crippen molar-refractivity contribution in [1.82, 2.24) is 5.32 Å². The van der Waals surface area contributed by atoms with E-state index < -0.39 is 0 Å². The van der Waals surface area contributed by atoms with E-state index in [-0.39, 0.29) is 11.9 Å². The maximum atomic E-state index is 14.0. The second-order valence-electron chi connectivity index (χ2n) is 4.10. The van der Waals surface area contributed by atoms with E-state index in [0.717, 1.165) is 15.9 Å². The van der Waals surface area contributed by atoms with Crippen LogP contribution in [0.5, 0.6) is 0 Å². The van der Waals surface area contributed by atoms with Crippen molar-refractivity contribution < 1.29 is 4.39 Å². The molecule has 1 aromatic heterocycles. The average molecular weight is 328 g/mol. The van der Waals surface area contributed by atoms with Crippen LogP contribution >= 0.6 is 27.3 Å². The summed E-state index contributed by atoms with van der Waals surface area (Å²) in [6.07, 6.45) is 0. The highest BCUT2D eigenvalue weighted by Crippen LogP contribution is 2.31. The van der Waals surface area contributed by atoms with Crippen molar-refractivity contribution in [2.75, 3.05) is 6.54 Å². The van der Waals surface area contributed by atoms with E-state index >= 15 is 0 Å². The molecule has 0 spiro atoms. The molecule has 1 aromatic carbocycles. The van der Waals surface area contributed by atoms with Crippen molar-refractivity contribution in [3.8, 4) is 0 Å². The van der Waals surface area contributed by atoms with Gasteiger partial charge in [-0.3, -0.25) is 0 Å². The molecule has 0 aliphatic rings. The van der Waals surface area contributed by atoms with Crippen LogP contribution in [0.1, 0.15) is 28.3 Å². The minimum Gasteiger partial charge on any atom is -0.306 e. The zero-order valence-corrected chi connectivity index (χ0v) is 12.7. The molecule has 1 atom stereocenters. The molecular weight excluding hydrogens is 313 g/mol. The fourth-order valence-corrected chi connectivity index (χ4v) is 3.26. The minimum absolute atomic E-state index is 0.0776. The van der Waals surface area contributed by atoms with E-state index in [1.165, 1.54) is 10.9 Å². The third kappa shape index (κ3) is 2.99. The Hall–Kier alpha value is -0.710. The van der Waals surface area contributed by atoms with Gasteiger partial charge in [-0.15, -0.1) is 11.3 Å². The average Bonchev–Trinajstić information content (AvgIpc) is 2.76. The Balaban J connectivity index is 2.44. The quantitative estimate of drug-likeness (QED) is 0.861. The second-order valence-corrected chi connectivity index (χ2v) is 6.34. The van der Waals surface area contributed by atoms with Gasteiger partial charge in [0.05, 0.1) is 6.04 Å². The van der Waals surface area contributed by atoms with Crippen LogP contribution in [-0.4, -0.2) is 6.54 Å². The van der Waals surface area contributed by atoms with E-state index in [4.69, 9.17) is 0 Å². The van der Waals surface area contributed by atoms with Crippen LogP contribution in [0.3, 0.4) is 0 Å². The Kier molecular flexibility index (Phi) is 4.54. The molecule has 2 aromatic rings. The third-order valence-corrected chi connectivity index (χ3v) is 4.28. The summed E-state index contributed by atoms with van der Waals surface area (Å²) >= 11 is 5.10. The number of hydrogen-bond donors (Lipinski definition) is 1. The van der Waals surface area contributed by atoms with Crippen LogP contribution in [0, 0.1) is 12.7 Å². The van der Waals surface area contributed by atoms with E-state index in [9.17, 15) is 4.39 Å². The lowest BCUT2D eigenvalue weighted by molar-refractivity contribution is 0.562. The normalized spacial score (nSPS) is 12.7. The highest BCUT2D eigenvalue weighted by atomic mass is 79.9. The van der Waals surface area contributed by atoms with Gasteiger partial charge in [0.1, 0.15) is 5.82 Å². The van der Waals surface area contributed by atoms with Gasteiger partial charge in [-0.2, -0.15) is 0 Å². The molecule has 1 unspecified atom stereocenters. The van der Waals surface area contributed by atoms with Crippen molar-refractivity contribution in [2.24, 2.45) is 0 Å². The molecule has 18 heavy (non-hydrogen) atoms. The smallest absolute Gasteiger partial charge is 0.128 e. The summed E-state index contributed by atoms with van der Waals surface area (Å²) in [6.45, 7) is 4.89. The van der Waals surface area contributed by atoms with Gasteiger partial charge < -0.3 is 5.32 Å². The number of nitrogens with one attached hydrogen (secondary N) is 1. The van der Waals surface area contributed by atoms with E-state index in [1.807, 2.05) is 13.0 Å². The zero-order valence-electron chi connectivity index (χ0n) is 10.3. The largest absolute Gasteiger partial charge is 0.306 e. The van der Waals surface area contributed by atoms with Crippen LogP contribution in [-0.2, 0) is 0 Å². The molecule has 0 saturated heterocycles. The first-order chi connectivity index (χ1) is 8.61. The van der Waals surface area contributed by atoms with Crippen molar-refractivity contribution in [1.29, 1.82) is 0 Å². The monoisotopic (exact) mass is 327 g/mol. The van der Waals surface area contributed by atoms with Crippen molar-refractivity contribution in [3.63, 3.8) is 0 Å². The van der Waals surface area contributed by atoms with Crippen LogP contribution in [0.2, 0.25) is 0 Å². The molecule has 1 nitrogen and oxygen atoms in total. The Bertz CT molecular complexity index is 538. The first kappa shape index (κ1) is 13.7. The number of rotatable bonds is 4. The fourth-order valence-electron chi connectivity index (χ4n) is 1.91. The molecule has 0 radical (unpaired) electrons. The molecule has 0 bridgehead atoms. The molecule has 0 fully saturated rings. The summed E-state index contributed by atoms with van der Waals surface area (Å²) in [5.74, 6) is -0.171. The van der Waals surface area contributed by atoms with Gasteiger partial charge in [0.25, 0.3) is 0 Å². The molecule has 4 heteroatoms. The minimum atomic E-state index is -0.171. The van der Waals surface area contributed by atoms with Gasteiger partial charge in [0.2, 0.25) is 0 Å². The summed E-state index contributed by atoms with van der Waals surface area (Å²) in [4.78, 5) is 2.38. The predicted octanol–water partition coefficient (Wildman–Crippen LogP) is 4.66. The summed E-state index contributed by atoms with van der Waals surface area (Å²) in [6, 6.07) is 9.13. The Labute approximate surface area is 119 Å². The lowest BCUT2D eigenvalue weighted by Crippen LogP contribution is -2.22. The van der Waals surface area contributed by atoms with Crippen LogP contribution < -0.4 is 5.32 Å². The van der Waals surface area contributed by atoms with Crippen molar-refractivity contribution in [3.05, 3.63) is 55.9 Å². The molecule has 0 aliphatic carbocycles. The molecular formula is C14H15BrFNS. The Morgan fingerprint density at radius 3 is 2.72 bits per heavy atom. The van der Waals surface area contributed by atoms with Crippen LogP contribution in [0.15, 0.2) is 34.8 Å². The third-order valence-electron chi connectivity index (χ3n) is 2.72. The van der Waals surface area contributed by atoms with Crippen LogP contribution in [0.4, 0.5) is 4.39 Å². The molecule has 0 saturated carbocycles. The first-order valence-corrected chi connectivity index (χ1v) is 7.47. The van der Waals surface area contributed by atoms with Crippen LogP contribution in [0.25, 0.3) is 0 Å². The van der Waals surface area contributed by atoms with E-state index in [1.54, 1.807) is 17.4 Å². The summed E-state index contributed by atoms with van der Waals surface area (Å²) in [5.41, 5.74) is 0.688. The standard InChI is InChI=1S/C14H15BrFNS/c1-3-17-14(13-7-4-9(2)18-13)11-8-10(15)5-6-12(11)16/h4-8,14,17H,3H2,1-2H3. The summed E-state index contributed by atoms with van der Waals surface area (Å²) in [7, 11) is 0. The molecule has 1 heterocycles. The molecule has 0 aliphatic heterocycles. The fraction of sp³-hybridized carbons (Fsp3) is 0.286. The first-order valence-electron chi connectivity index (χ1n) is 5.86. The van der Waals surface area contributed by atoms with Gasteiger partial charge in [0.15, 0.2) is 0 Å². The molecule has 96 valence electrons. The van der Waals surface area contributed by atoms with Gasteiger partial charge in [0, 0.05) is 19.8 Å². The Morgan fingerprint density at radius 1 is 1.33 bits per heavy atom. The number of halogens is 2. The highest BCUT2D eigenvalue weighted by molar-refractivity contribution is 9.10.